The van der Waals surface area contributed by atoms with Crippen LogP contribution in [-0.2, 0) is 6.54 Å². The van der Waals surface area contributed by atoms with Crippen molar-refractivity contribution < 1.29 is 4.79 Å². The molecule has 1 heterocycles. The van der Waals surface area contributed by atoms with Crippen molar-refractivity contribution in [2.24, 2.45) is 0 Å². The topological polar surface area (TPSA) is 59.9 Å². The van der Waals surface area contributed by atoms with E-state index in [1.807, 2.05) is 30.3 Å². The van der Waals surface area contributed by atoms with Crippen LogP contribution in [0, 0.1) is 11.3 Å². The van der Waals surface area contributed by atoms with Gasteiger partial charge in [-0.3, -0.25) is 4.79 Å². The normalized spacial score (nSPS) is 10.5. The minimum absolute atomic E-state index is 0.0486. The van der Waals surface area contributed by atoms with Gasteiger partial charge in [0.2, 0.25) is 0 Å². The maximum atomic E-state index is 12.7. The van der Waals surface area contributed by atoms with Crippen LogP contribution in [0.25, 0.3) is 10.9 Å². The third-order valence-corrected chi connectivity index (χ3v) is 4.40. The Morgan fingerprint density at radius 1 is 1.26 bits per heavy atom. The Kier molecular flexibility index (Phi) is 4.18. The number of rotatable bonds is 3. The number of hydrogen-bond acceptors (Lipinski definition) is 2. The van der Waals surface area contributed by atoms with E-state index >= 15 is 0 Å². The number of nitrogens with zero attached hydrogens (tertiary/aromatic N) is 2. The highest BCUT2D eigenvalue weighted by molar-refractivity contribution is 9.10. The van der Waals surface area contributed by atoms with E-state index in [0.717, 1.165) is 20.9 Å². The molecule has 0 aliphatic heterocycles. The number of fused-ring (bicyclic) bond motifs is 1. The lowest BCUT2D eigenvalue weighted by Crippen LogP contribution is -2.26. The second-order valence-electron chi connectivity index (χ2n) is 5.33. The second kappa shape index (κ2) is 6.27. The maximum Gasteiger partial charge on any atom is 0.256 e. The molecule has 0 spiro atoms. The number of H-pyrrole nitrogens is 1. The largest absolute Gasteiger partial charge is 0.360 e. The van der Waals surface area contributed by atoms with Crippen LogP contribution in [0.2, 0.25) is 0 Å². The first-order chi connectivity index (χ1) is 11.1. The van der Waals surface area contributed by atoms with E-state index in [2.05, 4.69) is 27.0 Å². The van der Waals surface area contributed by atoms with E-state index in [1.54, 1.807) is 30.3 Å². The summed E-state index contributed by atoms with van der Waals surface area (Å²) in [4.78, 5) is 17.5. The molecule has 4 nitrogen and oxygen atoms in total. The van der Waals surface area contributed by atoms with Crippen LogP contribution in [0.4, 0.5) is 0 Å². The van der Waals surface area contributed by atoms with Crippen molar-refractivity contribution in [1.82, 2.24) is 9.88 Å². The Bertz CT molecular complexity index is 906. The van der Waals surface area contributed by atoms with Crippen LogP contribution in [0.15, 0.2) is 53.1 Å². The lowest BCUT2D eigenvalue weighted by molar-refractivity contribution is 0.0787. The Morgan fingerprint density at radius 3 is 2.70 bits per heavy atom. The molecule has 3 aromatic rings. The molecule has 0 atom stereocenters. The Hall–Kier alpha value is -2.58. The average Bonchev–Trinajstić information content (AvgIpc) is 3.00. The number of aromatic amines is 1. The first kappa shape index (κ1) is 15.3. The molecule has 1 amide bonds. The standard InChI is InChI=1S/C18H14BrN3O/c1-22(11-13-7-5-12(9-20)6-8-13)18(23)14-10-21-16-4-2-3-15(19)17(14)16/h2-8,10,21H,11H2,1H3. The molecule has 0 unspecified atom stereocenters. The molecule has 1 N–H and O–H groups in total. The Morgan fingerprint density at radius 2 is 2.00 bits per heavy atom. The summed E-state index contributed by atoms with van der Waals surface area (Å²) in [6, 6.07) is 15.1. The highest BCUT2D eigenvalue weighted by Gasteiger charge is 2.18. The van der Waals surface area contributed by atoms with Crippen molar-refractivity contribution in [3.05, 3.63) is 69.8 Å². The molecule has 3 rings (SSSR count). The predicted molar refractivity (Wildman–Crippen MR) is 93.0 cm³/mol. The lowest BCUT2D eigenvalue weighted by Gasteiger charge is -2.17. The average molecular weight is 368 g/mol. The molecule has 0 radical (unpaired) electrons. The minimum atomic E-state index is -0.0486. The molecule has 0 saturated heterocycles. The zero-order chi connectivity index (χ0) is 16.4. The summed E-state index contributed by atoms with van der Waals surface area (Å²) in [5.74, 6) is -0.0486. The number of carbonyl (C=O) groups excluding carboxylic acids is 1. The highest BCUT2D eigenvalue weighted by Crippen LogP contribution is 2.27. The van der Waals surface area contributed by atoms with Crippen molar-refractivity contribution in [3.8, 4) is 6.07 Å². The second-order valence-corrected chi connectivity index (χ2v) is 6.19. The number of nitrogens with one attached hydrogen (secondary N) is 1. The summed E-state index contributed by atoms with van der Waals surface area (Å²) in [7, 11) is 1.77. The highest BCUT2D eigenvalue weighted by atomic mass is 79.9. The Balaban J connectivity index is 1.85. The van der Waals surface area contributed by atoms with Gasteiger partial charge in [-0.1, -0.05) is 34.1 Å². The molecule has 0 aliphatic carbocycles. The third kappa shape index (κ3) is 2.99. The van der Waals surface area contributed by atoms with Crippen molar-refractivity contribution in [1.29, 1.82) is 5.26 Å². The summed E-state index contributed by atoms with van der Waals surface area (Å²) in [6.45, 7) is 0.488. The first-order valence-corrected chi connectivity index (χ1v) is 7.89. The molecule has 0 fully saturated rings. The van der Waals surface area contributed by atoms with E-state index in [1.165, 1.54) is 0 Å². The SMILES string of the molecule is CN(Cc1ccc(C#N)cc1)C(=O)c1c[nH]c2cccc(Br)c12. The molecule has 0 aliphatic rings. The third-order valence-electron chi connectivity index (χ3n) is 3.73. The van der Waals surface area contributed by atoms with Gasteiger partial charge in [-0.25, -0.2) is 0 Å². The fourth-order valence-corrected chi connectivity index (χ4v) is 3.12. The van der Waals surface area contributed by atoms with E-state index in [-0.39, 0.29) is 5.91 Å². The molecule has 114 valence electrons. The van der Waals surface area contributed by atoms with Crippen molar-refractivity contribution in [2.45, 2.75) is 6.54 Å². The van der Waals surface area contributed by atoms with Gasteiger partial charge in [-0.05, 0) is 29.8 Å². The number of hydrogen-bond donors (Lipinski definition) is 1. The monoisotopic (exact) mass is 367 g/mol. The van der Waals surface area contributed by atoms with Gasteiger partial charge in [0.25, 0.3) is 5.91 Å². The summed E-state index contributed by atoms with van der Waals surface area (Å²) in [5.41, 5.74) is 3.17. The molecule has 23 heavy (non-hydrogen) atoms. The van der Waals surface area contributed by atoms with Crippen molar-refractivity contribution in [3.63, 3.8) is 0 Å². The van der Waals surface area contributed by atoms with Gasteiger partial charge in [-0.15, -0.1) is 0 Å². The number of nitriles is 1. The maximum absolute atomic E-state index is 12.7. The van der Waals surface area contributed by atoms with Gasteiger partial charge >= 0.3 is 0 Å². The first-order valence-electron chi connectivity index (χ1n) is 7.10. The van der Waals surface area contributed by atoms with Crippen LogP contribution in [0.3, 0.4) is 0 Å². The summed E-state index contributed by atoms with van der Waals surface area (Å²) in [5, 5.41) is 9.72. The molecular formula is C18H14BrN3O. The molecule has 2 aromatic carbocycles. The summed E-state index contributed by atoms with van der Waals surface area (Å²) < 4.78 is 0.895. The zero-order valence-electron chi connectivity index (χ0n) is 12.5. The fourth-order valence-electron chi connectivity index (χ4n) is 2.54. The smallest absolute Gasteiger partial charge is 0.256 e. The van der Waals surface area contributed by atoms with Gasteiger partial charge < -0.3 is 9.88 Å². The molecule has 5 heteroatoms. The number of aromatic nitrogens is 1. The fraction of sp³-hybridized carbons (Fsp3) is 0.111. The lowest BCUT2D eigenvalue weighted by atomic mass is 10.1. The van der Waals surface area contributed by atoms with Gasteiger partial charge in [0.15, 0.2) is 0 Å². The molecule has 1 aromatic heterocycles. The molecular weight excluding hydrogens is 354 g/mol. The van der Waals surface area contributed by atoms with Crippen LogP contribution < -0.4 is 0 Å². The van der Waals surface area contributed by atoms with E-state index < -0.39 is 0 Å². The summed E-state index contributed by atoms with van der Waals surface area (Å²) in [6.07, 6.45) is 1.74. The van der Waals surface area contributed by atoms with Gasteiger partial charge in [0, 0.05) is 35.2 Å². The van der Waals surface area contributed by atoms with Gasteiger partial charge in [0.05, 0.1) is 17.2 Å². The van der Waals surface area contributed by atoms with E-state index in [0.29, 0.717) is 17.7 Å². The van der Waals surface area contributed by atoms with Crippen molar-refractivity contribution >= 4 is 32.7 Å². The van der Waals surface area contributed by atoms with Crippen LogP contribution >= 0.6 is 15.9 Å². The zero-order valence-corrected chi connectivity index (χ0v) is 14.1. The van der Waals surface area contributed by atoms with Crippen LogP contribution in [0.5, 0.6) is 0 Å². The van der Waals surface area contributed by atoms with Gasteiger partial charge in [-0.2, -0.15) is 5.26 Å². The minimum Gasteiger partial charge on any atom is -0.360 e. The van der Waals surface area contributed by atoms with Crippen LogP contribution in [0.1, 0.15) is 21.5 Å². The number of halogens is 1. The quantitative estimate of drug-likeness (QED) is 0.758. The van der Waals surface area contributed by atoms with Gasteiger partial charge in [0.1, 0.15) is 0 Å². The molecule has 0 saturated carbocycles. The van der Waals surface area contributed by atoms with Crippen LogP contribution in [-0.4, -0.2) is 22.8 Å². The Labute approximate surface area is 142 Å². The van der Waals surface area contributed by atoms with E-state index in [4.69, 9.17) is 5.26 Å². The number of carbonyl (C=O) groups is 1. The van der Waals surface area contributed by atoms with E-state index in [9.17, 15) is 4.79 Å². The summed E-state index contributed by atoms with van der Waals surface area (Å²) >= 11 is 3.51. The number of benzene rings is 2. The number of amides is 1. The van der Waals surface area contributed by atoms with Crippen molar-refractivity contribution in [2.75, 3.05) is 7.05 Å². The molecule has 0 bridgehead atoms. The predicted octanol–water partition coefficient (Wildman–Crippen LogP) is 4.07.